The molecule has 0 aliphatic rings. The van der Waals surface area contributed by atoms with E-state index in [1.165, 1.54) is 6.42 Å². The fraction of sp³-hybridized carbons (Fsp3) is 0.556. The van der Waals surface area contributed by atoms with Gasteiger partial charge in [0.15, 0.2) is 0 Å². The molecule has 0 aliphatic carbocycles. The molecular formula is C9H16O. The largest absolute Gasteiger partial charge is 0.373 e. The first-order chi connectivity index (χ1) is 4.91. The molecule has 1 heteroatoms. The third-order valence-corrected chi connectivity index (χ3v) is 1.07. The highest BCUT2D eigenvalue weighted by Gasteiger charge is 1.76. The molecule has 1 nitrogen and oxygen atoms in total. The molecule has 0 fully saturated rings. The Morgan fingerprint density at radius 1 is 1.30 bits per heavy atom. The van der Waals surface area contributed by atoms with Crippen molar-refractivity contribution in [3.63, 3.8) is 0 Å². The summed E-state index contributed by atoms with van der Waals surface area (Å²) in [6.07, 6.45) is 8.30. The predicted molar refractivity (Wildman–Crippen MR) is 45.1 cm³/mol. The molecule has 0 radical (unpaired) electrons. The van der Waals surface area contributed by atoms with Gasteiger partial charge >= 0.3 is 0 Å². The Morgan fingerprint density at radius 3 is 2.70 bits per heavy atom. The van der Waals surface area contributed by atoms with Gasteiger partial charge in [-0.2, -0.15) is 0 Å². The van der Waals surface area contributed by atoms with Crippen LogP contribution >= 0.6 is 0 Å². The molecule has 0 saturated carbocycles. The van der Waals surface area contributed by atoms with Crippen LogP contribution in [0.15, 0.2) is 24.8 Å². The fourth-order valence-electron chi connectivity index (χ4n) is 0.572. The van der Waals surface area contributed by atoms with Crippen molar-refractivity contribution in [2.24, 2.45) is 0 Å². The minimum absolute atomic E-state index is 0.649. The van der Waals surface area contributed by atoms with Crippen molar-refractivity contribution in [2.45, 2.75) is 19.8 Å². The molecule has 0 atom stereocenters. The molecule has 0 spiro atoms. The number of ether oxygens (including phenoxy) is 1. The molecule has 0 heterocycles. The van der Waals surface area contributed by atoms with Crippen molar-refractivity contribution >= 4 is 0 Å². The van der Waals surface area contributed by atoms with E-state index in [1.54, 1.807) is 6.08 Å². The molecule has 0 rings (SSSR count). The van der Waals surface area contributed by atoms with Crippen LogP contribution in [0.1, 0.15) is 19.8 Å². The van der Waals surface area contributed by atoms with Crippen molar-refractivity contribution < 1.29 is 4.74 Å². The third kappa shape index (κ3) is 7.44. The standard InChI is InChI=1S/C9H16O/c1-3-5-6-7-9-10-8-4-2/h4,6-7H,2-3,5,8-9H2,1H3/b7-6-. The van der Waals surface area contributed by atoms with Crippen molar-refractivity contribution in [3.8, 4) is 0 Å². The van der Waals surface area contributed by atoms with Crippen LogP contribution in [-0.2, 0) is 4.74 Å². The highest BCUT2D eigenvalue weighted by Crippen LogP contribution is 1.88. The summed E-state index contributed by atoms with van der Waals surface area (Å²) in [5, 5.41) is 0. The first kappa shape index (κ1) is 9.44. The van der Waals surface area contributed by atoms with Crippen LogP contribution in [0, 0.1) is 0 Å². The fourth-order valence-corrected chi connectivity index (χ4v) is 0.572. The van der Waals surface area contributed by atoms with E-state index < -0.39 is 0 Å². The average Bonchev–Trinajstić information content (AvgIpc) is 1.97. The van der Waals surface area contributed by atoms with Gasteiger partial charge in [-0.15, -0.1) is 6.58 Å². The van der Waals surface area contributed by atoms with Gasteiger partial charge in [0.05, 0.1) is 13.2 Å². The second kappa shape index (κ2) is 8.44. The Morgan fingerprint density at radius 2 is 2.10 bits per heavy atom. The van der Waals surface area contributed by atoms with E-state index in [1.807, 2.05) is 6.08 Å². The number of unbranched alkanes of at least 4 members (excludes halogenated alkanes) is 1. The maximum Gasteiger partial charge on any atom is 0.0651 e. The van der Waals surface area contributed by atoms with Gasteiger partial charge in [0, 0.05) is 0 Å². The minimum Gasteiger partial charge on any atom is -0.373 e. The lowest BCUT2D eigenvalue weighted by Gasteiger charge is -1.92. The van der Waals surface area contributed by atoms with Gasteiger partial charge in [-0.05, 0) is 6.42 Å². The van der Waals surface area contributed by atoms with Crippen molar-refractivity contribution in [3.05, 3.63) is 24.8 Å². The average molecular weight is 140 g/mol. The van der Waals surface area contributed by atoms with Gasteiger partial charge in [-0.3, -0.25) is 0 Å². The lowest BCUT2D eigenvalue weighted by molar-refractivity contribution is 0.194. The molecule has 0 bridgehead atoms. The van der Waals surface area contributed by atoms with Crippen LogP contribution in [-0.4, -0.2) is 13.2 Å². The summed E-state index contributed by atoms with van der Waals surface area (Å²) in [6, 6.07) is 0. The first-order valence-corrected chi connectivity index (χ1v) is 3.75. The van der Waals surface area contributed by atoms with E-state index in [-0.39, 0.29) is 0 Å². The van der Waals surface area contributed by atoms with E-state index in [9.17, 15) is 0 Å². The van der Waals surface area contributed by atoms with Crippen molar-refractivity contribution in [2.75, 3.05) is 13.2 Å². The summed E-state index contributed by atoms with van der Waals surface area (Å²) in [6.45, 7) is 7.07. The molecule has 0 aromatic carbocycles. The molecule has 0 aliphatic heterocycles. The minimum atomic E-state index is 0.649. The normalized spacial score (nSPS) is 10.5. The Kier molecular flexibility index (Phi) is 7.97. The highest BCUT2D eigenvalue weighted by molar-refractivity contribution is 4.81. The monoisotopic (exact) mass is 140 g/mol. The zero-order valence-corrected chi connectivity index (χ0v) is 6.68. The summed E-state index contributed by atoms with van der Waals surface area (Å²) < 4.78 is 5.12. The van der Waals surface area contributed by atoms with Gasteiger partial charge in [-0.25, -0.2) is 0 Å². The molecular weight excluding hydrogens is 124 g/mol. The van der Waals surface area contributed by atoms with Gasteiger partial charge < -0.3 is 4.74 Å². The van der Waals surface area contributed by atoms with Gasteiger partial charge in [0.2, 0.25) is 0 Å². The summed E-state index contributed by atoms with van der Waals surface area (Å²) in [5.41, 5.74) is 0. The molecule has 0 amide bonds. The van der Waals surface area contributed by atoms with Crippen LogP contribution in [0.4, 0.5) is 0 Å². The smallest absolute Gasteiger partial charge is 0.0651 e. The highest BCUT2D eigenvalue weighted by atomic mass is 16.5. The summed E-state index contributed by atoms with van der Waals surface area (Å²) >= 11 is 0. The molecule has 0 aromatic rings. The number of allylic oxidation sites excluding steroid dienone is 1. The number of hydrogen-bond donors (Lipinski definition) is 0. The van der Waals surface area contributed by atoms with Crippen LogP contribution < -0.4 is 0 Å². The lowest BCUT2D eigenvalue weighted by atomic mass is 10.3. The second-order valence-corrected chi connectivity index (χ2v) is 2.09. The van der Waals surface area contributed by atoms with Crippen LogP contribution in [0.25, 0.3) is 0 Å². The van der Waals surface area contributed by atoms with Crippen molar-refractivity contribution in [1.82, 2.24) is 0 Å². The zero-order valence-electron chi connectivity index (χ0n) is 6.68. The number of rotatable bonds is 6. The van der Waals surface area contributed by atoms with Crippen LogP contribution in [0.3, 0.4) is 0 Å². The Balaban J connectivity index is 2.94. The van der Waals surface area contributed by atoms with Crippen LogP contribution in [0.5, 0.6) is 0 Å². The Labute approximate surface area is 63.4 Å². The van der Waals surface area contributed by atoms with Gasteiger partial charge in [0.1, 0.15) is 0 Å². The summed E-state index contributed by atoms with van der Waals surface area (Å²) in [5.74, 6) is 0. The molecule has 58 valence electrons. The summed E-state index contributed by atoms with van der Waals surface area (Å²) in [7, 11) is 0. The lowest BCUT2D eigenvalue weighted by Crippen LogP contribution is -1.88. The summed E-state index contributed by atoms with van der Waals surface area (Å²) in [4.78, 5) is 0. The van der Waals surface area contributed by atoms with E-state index in [0.29, 0.717) is 13.2 Å². The van der Waals surface area contributed by atoms with Gasteiger partial charge in [0.25, 0.3) is 0 Å². The Hall–Kier alpha value is -0.560. The van der Waals surface area contributed by atoms with E-state index in [0.717, 1.165) is 6.42 Å². The molecule has 0 N–H and O–H groups in total. The second-order valence-electron chi connectivity index (χ2n) is 2.09. The SMILES string of the molecule is C=CCOC/C=C\CCC. The first-order valence-electron chi connectivity index (χ1n) is 3.75. The third-order valence-electron chi connectivity index (χ3n) is 1.07. The van der Waals surface area contributed by atoms with E-state index in [2.05, 4.69) is 19.6 Å². The molecule has 0 unspecified atom stereocenters. The quantitative estimate of drug-likeness (QED) is 0.407. The molecule has 10 heavy (non-hydrogen) atoms. The zero-order chi connectivity index (χ0) is 7.66. The maximum absolute atomic E-state index is 5.12. The van der Waals surface area contributed by atoms with E-state index in [4.69, 9.17) is 4.74 Å². The Bertz CT molecular complexity index is 94.9. The number of hydrogen-bond acceptors (Lipinski definition) is 1. The topological polar surface area (TPSA) is 9.23 Å². The van der Waals surface area contributed by atoms with Crippen LogP contribution in [0.2, 0.25) is 0 Å². The molecule has 0 aromatic heterocycles. The van der Waals surface area contributed by atoms with Gasteiger partial charge in [-0.1, -0.05) is 31.6 Å². The van der Waals surface area contributed by atoms with E-state index >= 15 is 0 Å². The molecule has 0 saturated heterocycles. The predicted octanol–water partition coefficient (Wildman–Crippen LogP) is 2.55. The maximum atomic E-state index is 5.12. The van der Waals surface area contributed by atoms with Crippen molar-refractivity contribution in [1.29, 1.82) is 0 Å².